The number of nitriles is 1. The molecule has 0 unspecified atom stereocenters. The molecule has 2 N–H and O–H groups in total. The van der Waals surface area contributed by atoms with Crippen LogP contribution in [-0.2, 0) is 9.53 Å². The summed E-state index contributed by atoms with van der Waals surface area (Å²) in [7, 11) is 0. The Balaban J connectivity index is 1.79. The number of ketones is 1. The van der Waals surface area contributed by atoms with Crippen molar-refractivity contribution >= 4 is 5.78 Å². The van der Waals surface area contributed by atoms with Gasteiger partial charge in [-0.3, -0.25) is 4.79 Å². The van der Waals surface area contributed by atoms with Gasteiger partial charge in [-0.25, -0.2) is 0 Å². The zero-order chi connectivity index (χ0) is 19.0. The zero-order valence-electron chi connectivity index (χ0n) is 15.1. The lowest BCUT2D eigenvalue weighted by Gasteiger charge is -2.34. The van der Waals surface area contributed by atoms with Gasteiger partial charge >= 0.3 is 0 Å². The van der Waals surface area contributed by atoms with Gasteiger partial charge in [0.25, 0.3) is 0 Å². The molecule has 2 aromatic carbocycles. The first-order chi connectivity index (χ1) is 13.1. The number of carbonyl (C=O) groups excluding carboxylic acids is 1. The van der Waals surface area contributed by atoms with E-state index in [0.717, 1.165) is 16.7 Å². The van der Waals surface area contributed by atoms with Crippen molar-refractivity contribution in [3.63, 3.8) is 0 Å². The summed E-state index contributed by atoms with van der Waals surface area (Å²) in [6, 6.07) is 20.0. The Labute approximate surface area is 158 Å². The van der Waals surface area contributed by atoms with Crippen molar-refractivity contribution in [2.45, 2.75) is 31.6 Å². The molecule has 4 heteroatoms. The van der Waals surface area contributed by atoms with E-state index in [-0.39, 0.29) is 17.6 Å². The van der Waals surface area contributed by atoms with E-state index in [2.05, 4.69) is 6.07 Å². The molecule has 1 aliphatic heterocycles. The van der Waals surface area contributed by atoms with E-state index in [1.807, 2.05) is 61.5 Å². The highest BCUT2D eigenvalue weighted by Crippen LogP contribution is 2.46. The molecule has 2 aromatic rings. The molecule has 0 saturated carbocycles. The molecule has 0 radical (unpaired) electrons. The average molecular weight is 356 g/mol. The largest absolute Gasteiger partial charge is 0.444 e. The van der Waals surface area contributed by atoms with Crippen molar-refractivity contribution in [1.82, 2.24) is 0 Å². The molecule has 4 nitrogen and oxygen atoms in total. The molecule has 4 rings (SSSR count). The summed E-state index contributed by atoms with van der Waals surface area (Å²) in [6.07, 6.45) is 1.01. The summed E-state index contributed by atoms with van der Waals surface area (Å²) >= 11 is 0. The first kappa shape index (κ1) is 17.1. The van der Waals surface area contributed by atoms with Crippen LogP contribution < -0.4 is 5.73 Å². The smallest absolute Gasteiger partial charge is 0.205 e. The number of aryl methyl sites for hydroxylation is 1. The molecule has 0 bridgehead atoms. The summed E-state index contributed by atoms with van der Waals surface area (Å²) < 4.78 is 5.79. The highest BCUT2D eigenvalue weighted by atomic mass is 16.5. The van der Waals surface area contributed by atoms with Gasteiger partial charge in [-0.05, 0) is 24.0 Å². The Morgan fingerprint density at radius 3 is 2.41 bits per heavy atom. The molecule has 134 valence electrons. The van der Waals surface area contributed by atoms with Crippen LogP contribution in [-0.4, -0.2) is 5.78 Å². The number of hydrogen-bond acceptors (Lipinski definition) is 4. The van der Waals surface area contributed by atoms with Crippen LogP contribution in [0.15, 0.2) is 77.4 Å². The topological polar surface area (TPSA) is 76.1 Å². The maximum absolute atomic E-state index is 13.1. The number of Topliss-reactive ketones (excluding diaryl/α,β-unsaturated/α-hetero) is 1. The number of allylic oxidation sites excluding steroid dienone is 3. The van der Waals surface area contributed by atoms with Crippen LogP contribution in [0.3, 0.4) is 0 Å². The summed E-state index contributed by atoms with van der Waals surface area (Å²) in [6.45, 7) is 2.00. The third kappa shape index (κ3) is 3.02. The second-order valence-corrected chi connectivity index (χ2v) is 7.11. The molecule has 2 aliphatic rings. The second-order valence-electron chi connectivity index (χ2n) is 7.11. The van der Waals surface area contributed by atoms with Gasteiger partial charge in [0.2, 0.25) is 5.88 Å². The Morgan fingerprint density at radius 1 is 1.04 bits per heavy atom. The summed E-state index contributed by atoms with van der Waals surface area (Å²) in [5.74, 6) is 0.331. The van der Waals surface area contributed by atoms with Crippen molar-refractivity contribution in [2.75, 3.05) is 0 Å². The maximum Gasteiger partial charge on any atom is 0.205 e. The van der Waals surface area contributed by atoms with Crippen molar-refractivity contribution in [3.8, 4) is 6.07 Å². The molecule has 0 amide bonds. The Morgan fingerprint density at radius 2 is 1.74 bits per heavy atom. The number of benzene rings is 2. The summed E-state index contributed by atoms with van der Waals surface area (Å²) in [4.78, 5) is 13.1. The lowest BCUT2D eigenvalue weighted by molar-refractivity contribution is -0.117. The van der Waals surface area contributed by atoms with E-state index >= 15 is 0 Å². The van der Waals surface area contributed by atoms with Crippen LogP contribution >= 0.6 is 0 Å². The van der Waals surface area contributed by atoms with Crippen molar-refractivity contribution < 1.29 is 9.53 Å². The quantitative estimate of drug-likeness (QED) is 0.875. The van der Waals surface area contributed by atoms with E-state index in [1.54, 1.807) is 0 Å². The fourth-order valence-electron chi connectivity index (χ4n) is 3.96. The average Bonchev–Trinajstić information content (AvgIpc) is 2.68. The Kier molecular flexibility index (Phi) is 4.29. The van der Waals surface area contributed by atoms with Crippen LogP contribution in [0.2, 0.25) is 0 Å². The van der Waals surface area contributed by atoms with Crippen LogP contribution in [0.1, 0.15) is 41.4 Å². The van der Waals surface area contributed by atoms with E-state index < -0.39 is 5.92 Å². The molecular formula is C23H20N2O2. The number of nitrogens with two attached hydrogens (primary N) is 1. The van der Waals surface area contributed by atoms with Crippen molar-refractivity contribution in [2.24, 2.45) is 5.73 Å². The molecular weight excluding hydrogens is 336 g/mol. The lowest BCUT2D eigenvalue weighted by atomic mass is 9.73. The molecule has 2 atom stereocenters. The summed E-state index contributed by atoms with van der Waals surface area (Å²) in [5, 5.41) is 9.65. The van der Waals surface area contributed by atoms with Crippen molar-refractivity contribution in [1.29, 1.82) is 5.26 Å². The molecule has 0 fully saturated rings. The maximum atomic E-state index is 13.1. The van der Waals surface area contributed by atoms with E-state index in [4.69, 9.17) is 10.5 Å². The number of carbonyl (C=O) groups is 1. The standard InChI is InChI=1S/C23H20N2O2/c1-14-7-9-16(10-8-14)21-18(13-24)23(25)27-20-12-17(11-19(26)22(20)21)15-5-3-2-4-6-15/h2-10,17,21H,11-12,25H2,1H3/t17-,21+/m0/s1. The monoisotopic (exact) mass is 356 g/mol. The molecule has 0 spiro atoms. The molecule has 0 saturated heterocycles. The highest BCUT2D eigenvalue weighted by Gasteiger charge is 2.40. The molecule has 27 heavy (non-hydrogen) atoms. The van der Waals surface area contributed by atoms with E-state index in [1.165, 1.54) is 0 Å². The van der Waals surface area contributed by atoms with Crippen LogP contribution in [0.25, 0.3) is 0 Å². The van der Waals surface area contributed by atoms with E-state index in [9.17, 15) is 10.1 Å². The van der Waals surface area contributed by atoms with Gasteiger partial charge in [-0.15, -0.1) is 0 Å². The third-order valence-corrected chi connectivity index (χ3v) is 5.34. The Hall–Kier alpha value is -3.32. The van der Waals surface area contributed by atoms with Crippen LogP contribution in [0.5, 0.6) is 0 Å². The minimum Gasteiger partial charge on any atom is -0.444 e. The van der Waals surface area contributed by atoms with Gasteiger partial charge in [-0.1, -0.05) is 60.2 Å². The molecule has 0 aromatic heterocycles. The number of ether oxygens (including phenoxy) is 1. The Bertz CT molecular complexity index is 995. The predicted molar refractivity (Wildman–Crippen MR) is 102 cm³/mol. The first-order valence-electron chi connectivity index (χ1n) is 9.04. The van der Waals surface area contributed by atoms with Gasteiger partial charge in [0.15, 0.2) is 5.78 Å². The summed E-state index contributed by atoms with van der Waals surface area (Å²) in [5.41, 5.74) is 10.1. The minimum atomic E-state index is -0.455. The predicted octanol–water partition coefficient (Wildman–Crippen LogP) is 4.20. The normalized spacial score (nSPS) is 22.1. The third-order valence-electron chi connectivity index (χ3n) is 5.34. The lowest BCUT2D eigenvalue weighted by Crippen LogP contribution is -2.29. The zero-order valence-corrected chi connectivity index (χ0v) is 15.1. The van der Waals surface area contributed by atoms with Gasteiger partial charge in [0.05, 0.1) is 5.92 Å². The van der Waals surface area contributed by atoms with Crippen LogP contribution in [0, 0.1) is 18.3 Å². The fourth-order valence-corrected chi connectivity index (χ4v) is 3.96. The first-order valence-corrected chi connectivity index (χ1v) is 9.04. The fraction of sp³-hybridized carbons (Fsp3) is 0.217. The van der Waals surface area contributed by atoms with Crippen molar-refractivity contribution in [3.05, 3.63) is 94.1 Å². The van der Waals surface area contributed by atoms with E-state index in [0.29, 0.717) is 29.7 Å². The minimum absolute atomic E-state index is 0.0240. The number of hydrogen-bond donors (Lipinski definition) is 1. The number of rotatable bonds is 2. The van der Waals surface area contributed by atoms with Crippen LogP contribution in [0.4, 0.5) is 0 Å². The number of nitrogens with zero attached hydrogens (tertiary/aromatic N) is 1. The molecule has 1 aliphatic carbocycles. The van der Waals surface area contributed by atoms with Gasteiger partial charge in [-0.2, -0.15) is 5.26 Å². The highest BCUT2D eigenvalue weighted by molar-refractivity contribution is 6.00. The van der Waals surface area contributed by atoms with Gasteiger partial charge in [0, 0.05) is 18.4 Å². The van der Waals surface area contributed by atoms with Gasteiger partial charge in [0.1, 0.15) is 17.4 Å². The second kappa shape index (κ2) is 6.77. The molecule has 1 heterocycles. The SMILES string of the molecule is Cc1ccc([C@@H]2C(C#N)=C(N)OC3=C2C(=O)C[C@H](c2ccccc2)C3)cc1. The van der Waals surface area contributed by atoms with Gasteiger partial charge < -0.3 is 10.5 Å².